The average molecular weight is 741 g/mol. The van der Waals surface area contributed by atoms with E-state index in [2.05, 4.69) is 28.1 Å². The molecule has 0 radical (unpaired) electrons. The van der Waals surface area contributed by atoms with Crippen molar-refractivity contribution in [1.82, 2.24) is 30.7 Å². The van der Waals surface area contributed by atoms with Gasteiger partial charge >= 0.3 is 0 Å². The number of rotatable bonds is 4. The van der Waals surface area contributed by atoms with E-state index in [4.69, 9.17) is 9.47 Å². The number of amides is 5. The van der Waals surface area contributed by atoms with Crippen molar-refractivity contribution in [3.63, 3.8) is 0 Å². The van der Waals surface area contributed by atoms with E-state index in [1.807, 2.05) is 54.4 Å². The van der Waals surface area contributed by atoms with E-state index in [1.54, 1.807) is 45.2 Å². The minimum atomic E-state index is -1.02. The maximum Gasteiger partial charge on any atom is 0.245 e. The number of fused-ring (bicyclic) bond motifs is 2. The first-order chi connectivity index (χ1) is 25.8. The summed E-state index contributed by atoms with van der Waals surface area (Å²) in [5.41, 5.74) is 4.74. The molecule has 3 aliphatic rings. The molecule has 0 spiro atoms. The van der Waals surface area contributed by atoms with E-state index in [-0.39, 0.29) is 24.8 Å². The molecule has 13 heteroatoms. The minimum Gasteiger partial charge on any atom is -0.497 e. The third-order valence-electron chi connectivity index (χ3n) is 10.5. The van der Waals surface area contributed by atoms with Crippen molar-refractivity contribution in [2.24, 2.45) is 0 Å². The number of nitrogens with one attached hydrogen (secondary N) is 3. The van der Waals surface area contributed by atoms with E-state index in [0.717, 1.165) is 33.6 Å². The highest BCUT2D eigenvalue weighted by molar-refractivity contribution is 5.95. The summed E-state index contributed by atoms with van der Waals surface area (Å²) < 4.78 is 10.9. The van der Waals surface area contributed by atoms with Gasteiger partial charge in [-0.2, -0.15) is 0 Å². The van der Waals surface area contributed by atoms with Gasteiger partial charge in [-0.3, -0.25) is 28.9 Å². The van der Waals surface area contributed by atoms with Crippen LogP contribution in [0, 0.1) is 0 Å². The third-order valence-corrected chi connectivity index (χ3v) is 10.5. The highest BCUT2D eigenvalue weighted by atomic mass is 16.5. The van der Waals surface area contributed by atoms with Gasteiger partial charge in [0.2, 0.25) is 29.5 Å². The first-order valence-corrected chi connectivity index (χ1v) is 18.3. The summed E-state index contributed by atoms with van der Waals surface area (Å²) in [6.07, 6.45) is 1.57. The summed E-state index contributed by atoms with van der Waals surface area (Å²) in [5.74, 6) is -0.878. The van der Waals surface area contributed by atoms with Crippen LogP contribution in [0.1, 0.15) is 41.7 Å². The van der Waals surface area contributed by atoms with Gasteiger partial charge in [-0.1, -0.05) is 48.5 Å². The maximum absolute atomic E-state index is 14.2. The Morgan fingerprint density at radius 1 is 0.704 bits per heavy atom. The Balaban J connectivity index is 1.51. The lowest BCUT2D eigenvalue weighted by Gasteiger charge is -2.36. The Morgan fingerprint density at radius 2 is 1.35 bits per heavy atom. The van der Waals surface area contributed by atoms with Crippen molar-refractivity contribution in [2.45, 2.75) is 69.7 Å². The molecule has 5 amide bonds. The summed E-state index contributed by atoms with van der Waals surface area (Å²) in [5, 5.41) is 8.38. The van der Waals surface area contributed by atoms with Crippen LogP contribution in [0.5, 0.6) is 11.5 Å². The van der Waals surface area contributed by atoms with E-state index >= 15 is 0 Å². The lowest BCUT2D eigenvalue weighted by Crippen LogP contribution is -2.59. The molecule has 3 aliphatic heterocycles. The van der Waals surface area contributed by atoms with E-state index in [9.17, 15) is 24.0 Å². The van der Waals surface area contributed by atoms with Crippen LogP contribution in [0.3, 0.4) is 0 Å². The van der Waals surface area contributed by atoms with Crippen molar-refractivity contribution >= 4 is 29.5 Å². The van der Waals surface area contributed by atoms with Gasteiger partial charge < -0.3 is 35.2 Å². The molecule has 6 bridgehead atoms. The first kappa shape index (κ1) is 39.8. The monoisotopic (exact) mass is 740 g/mol. The van der Waals surface area contributed by atoms with Gasteiger partial charge in [0.05, 0.1) is 26.8 Å². The Labute approximate surface area is 317 Å². The largest absolute Gasteiger partial charge is 0.497 e. The Morgan fingerprint density at radius 3 is 2.02 bits per heavy atom. The predicted molar refractivity (Wildman–Crippen MR) is 204 cm³/mol. The van der Waals surface area contributed by atoms with Crippen molar-refractivity contribution in [1.29, 1.82) is 0 Å². The fraction of sp³-hybridized carbons (Fsp3) is 0.439. The van der Waals surface area contributed by atoms with Crippen LogP contribution in [0.2, 0.25) is 0 Å². The quantitative estimate of drug-likeness (QED) is 0.367. The summed E-state index contributed by atoms with van der Waals surface area (Å²) in [6, 6.07) is 17.1. The second kappa shape index (κ2) is 17.6. The SMILES string of the molecule is COc1ccc(C[C@H]2C(=O)NCC(=O)N(C)[C@H]3Cc4ccc(cc4)Cc4cc(ccc4OC)C[C@@H](C(=O)N[C@H](C)C(=O)N[C@@H](C)C(=O)N2C)N(C)C3)cc1. The van der Waals surface area contributed by atoms with Crippen molar-refractivity contribution < 1.29 is 33.4 Å². The molecule has 13 nitrogen and oxygen atoms in total. The first-order valence-electron chi connectivity index (χ1n) is 18.3. The van der Waals surface area contributed by atoms with Gasteiger partial charge in [0, 0.05) is 39.5 Å². The number of hydrogen-bond acceptors (Lipinski definition) is 8. The van der Waals surface area contributed by atoms with Crippen LogP contribution in [-0.4, -0.2) is 123 Å². The fourth-order valence-corrected chi connectivity index (χ4v) is 7.07. The number of hydrogen-bond donors (Lipinski definition) is 3. The lowest BCUT2D eigenvalue weighted by molar-refractivity contribution is -0.142. The number of ether oxygens (including phenoxy) is 2. The molecule has 1 fully saturated rings. The minimum absolute atomic E-state index is 0.149. The molecule has 3 N–H and O–H groups in total. The molecule has 0 aliphatic carbocycles. The third kappa shape index (κ3) is 9.56. The maximum atomic E-state index is 14.2. The van der Waals surface area contributed by atoms with Crippen molar-refractivity contribution in [3.05, 3.63) is 94.5 Å². The fourth-order valence-electron chi connectivity index (χ4n) is 7.07. The van der Waals surface area contributed by atoms with Gasteiger partial charge in [-0.05, 0) is 79.8 Å². The standard InChI is InChI=1S/C41H52N6O7/c1-25-38(49)44-26(2)41(52)47(5)35(21-29-12-15-33(53-6)16-13-29)39(50)42-23-37(48)46(4)32-20-28-10-8-27(9-11-28)18-31-19-30(14-17-36(31)54-7)22-34(40(51)43-25)45(3)24-32/h8-17,19,25-26,32,34-35H,18,20-24H2,1-7H3,(H,42,50)(H,43,51)(H,44,49)/t25-,26+,32+,34+,35+/m1/s1. The zero-order valence-corrected chi connectivity index (χ0v) is 32.2. The summed E-state index contributed by atoms with van der Waals surface area (Å²) in [4.78, 5) is 73.9. The highest BCUT2D eigenvalue weighted by Crippen LogP contribution is 2.26. The lowest BCUT2D eigenvalue weighted by atomic mass is 9.95. The van der Waals surface area contributed by atoms with Gasteiger partial charge in [0.1, 0.15) is 29.6 Å². The second-order valence-electron chi connectivity index (χ2n) is 14.4. The van der Waals surface area contributed by atoms with E-state index < -0.39 is 47.9 Å². The molecule has 3 aromatic carbocycles. The Hall–Kier alpha value is -5.43. The number of nitrogens with zero attached hydrogens (tertiary/aromatic N) is 3. The zero-order valence-electron chi connectivity index (χ0n) is 32.2. The van der Waals surface area contributed by atoms with Crippen LogP contribution in [-0.2, 0) is 49.7 Å². The number of carbonyl (C=O) groups is 5. The highest BCUT2D eigenvalue weighted by Gasteiger charge is 2.34. The summed E-state index contributed by atoms with van der Waals surface area (Å²) in [6.45, 7) is 3.11. The molecular formula is C41H52N6O7. The zero-order chi connectivity index (χ0) is 39.1. The van der Waals surface area contributed by atoms with Crippen LogP contribution in [0.15, 0.2) is 66.7 Å². The van der Waals surface area contributed by atoms with Gasteiger partial charge in [0.25, 0.3) is 0 Å². The Bertz CT molecular complexity index is 1830. The smallest absolute Gasteiger partial charge is 0.245 e. The van der Waals surface area contributed by atoms with Crippen LogP contribution in [0.25, 0.3) is 0 Å². The summed E-state index contributed by atoms with van der Waals surface area (Å²) in [7, 11) is 8.22. The molecule has 0 unspecified atom stereocenters. The van der Waals surface area contributed by atoms with Crippen molar-refractivity contribution in [2.75, 3.05) is 48.5 Å². The molecule has 3 heterocycles. The molecule has 1 saturated heterocycles. The van der Waals surface area contributed by atoms with Gasteiger partial charge in [-0.15, -0.1) is 0 Å². The molecule has 6 rings (SSSR count). The number of methoxy groups -OCH3 is 2. The molecule has 5 atom stereocenters. The number of likely N-dealkylation sites (N-methyl/N-ethyl adjacent to an activating group) is 3. The molecule has 288 valence electrons. The number of benzene rings is 3. The van der Waals surface area contributed by atoms with Gasteiger partial charge in [-0.25, -0.2) is 0 Å². The second-order valence-corrected chi connectivity index (χ2v) is 14.4. The van der Waals surface area contributed by atoms with E-state index in [1.165, 1.54) is 18.9 Å². The van der Waals surface area contributed by atoms with Crippen LogP contribution < -0.4 is 25.4 Å². The van der Waals surface area contributed by atoms with Crippen molar-refractivity contribution in [3.8, 4) is 11.5 Å². The Kier molecular flexibility index (Phi) is 13.0. The average Bonchev–Trinajstić information content (AvgIpc) is 3.16. The van der Waals surface area contributed by atoms with Crippen LogP contribution in [0.4, 0.5) is 0 Å². The van der Waals surface area contributed by atoms with Gasteiger partial charge in [0.15, 0.2) is 0 Å². The number of carbonyl (C=O) groups excluding carboxylic acids is 5. The topological polar surface area (TPSA) is 150 Å². The van der Waals surface area contributed by atoms with Crippen LogP contribution >= 0.6 is 0 Å². The molecule has 0 aromatic heterocycles. The molecule has 54 heavy (non-hydrogen) atoms. The molecule has 0 saturated carbocycles. The molecular weight excluding hydrogens is 688 g/mol. The molecule has 3 aromatic rings. The predicted octanol–water partition coefficient (Wildman–Crippen LogP) is 1.73. The van der Waals surface area contributed by atoms with E-state index in [0.29, 0.717) is 31.6 Å². The summed E-state index contributed by atoms with van der Waals surface area (Å²) >= 11 is 0. The normalized spacial score (nSPS) is 23.8.